The zero-order valence-corrected chi connectivity index (χ0v) is 9.19. The lowest BCUT2D eigenvalue weighted by Crippen LogP contribution is -2.58. The van der Waals surface area contributed by atoms with Crippen molar-refractivity contribution in [1.29, 1.82) is 0 Å². The predicted octanol–water partition coefficient (Wildman–Crippen LogP) is 0.0600. The van der Waals surface area contributed by atoms with E-state index < -0.39 is 5.97 Å². The topological polar surface area (TPSA) is 69.6 Å². The summed E-state index contributed by atoms with van der Waals surface area (Å²) in [5.74, 6) is -0.894. The molecule has 1 saturated heterocycles. The summed E-state index contributed by atoms with van der Waals surface area (Å²) in [5, 5.41) is 11.4. The minimum Gasteiger partial charge on any atom is -0.481 e. The lowest BCUT2D eigenvalue weighted by molar-refractivity contribution is -0.138. The van der Waals surface area contributed by atoms with E-state index in [2.05, 4.69) is 5.32 Å². The molecule has 2 atom stereocenters. The van der Waals surface area contributed by atoms with Crippen molar-refractivity contribution >= 4 is 11.9 Å². The van der Waals surface area contributed by atoms with E-state index in [-0.39, 0.29) is 24.4 Å². The molecule has 1 fully saturated rings. The molecule has 5 nitrogen and oxygen atoms in total. The Morgan fingerprint density at radius 1 is 1.67 bits per heavy atom. The van der Waals surface area contributed by atoms with Gasteiger partial charge in [0.25, 0.3) is 0 Å². The summed E-state index contributed by atoms with van der Waals surface area (Å²) < 4.78 is 0. The molecule has 0 aromatic heterocycles. The zero-order valence-electron chi connectivity index (χ0n) is 9.19. The Kier molecular flexibility index (Phi) is 4.08. The van der Waals surface area contributed by atoms with Crippen LogP contribution < -0.4 is 5.32 Å². The second kappa shape index (κ2) is 5.11. The van der Waals surface area contributed by atoms with Crippen LogP contribution in [0.1, 0.15) is 26.7 Å². The number of aliphatic carboxylic acids is 1. The number of nitrogens with zero attached hydrogens (tertiary/aromatic N) is 1. The van der Waals surface area contributed by atoms with Crippen molar-refractivity contribution in [3.63, 3.8) is 0 Å². The molecule has 1 aliphatic rings. The van der Waals surface area contributed by atoms with Crippen LogP contribution >= 0.6 is 0 Å². The zero-order chi connectivity index (χ0) is 11.4. The molecule has 0 bridgehead atoms. The summed E-state index contributed by atoms with van der Waals surface area (Å²) in [7, 11) is 0. The second-order valence-electron chi connectivity index (χ2n) is 3.95. The molecule has 15 heavy (non-hydrogen) atoms. The van der Waals surface area contributed by atoms with Crippen molar-refractivity contribution < 1.29 is 14.7 Å². The van der Waals surface area contributed by atoms with E-state index in [0.717, 1.165) is 13.1 Å². The maximum absolute atomic E-state index is 11.6. The Bertz CT molecular complexity index is 255. The van der Waals surface area contributed by atoms with Crippen LogP contribution in [0.15, 0.2) is 0 Å². The molecule has 1 aliphatic heterocycles. The Labute approximate surface area is 89.4 Å². The summed E-state index contributed by atoms with van der Waals surface area (Å²) in [5.41, 5.74) is 0. The molecule has 1 amide bonds. The highest BCUT2D eigenvalue weighted by Gasteiger charge is 2.31. The summed E-state index contributed by atoms with van der Waals surface area (Å²) in [4.78, 5) is 24.1. The number of carboxylic acids is 1. The third-order valence-electron chi connectivity index (χ3n) is 2.68. The Morgan fingerprint density at radius 3 is 2.87 bits per heavy atom. The number of piperazine rings is 1. The fraction of sp³-hybridized carbons (Fsp3) is 0.800. The smallest absolute Gasteiger partial charge is 0.303 e. The van der Waals surface area contributed by atoms with Gasteiger partial charge in [-0.15, -0.1) is 0 Å². The van der Waals surface area contributed by atoms with Gasteiger partial charge in [0.15, 0.2) is 0 Å². The van der Waals surface area contributed by atoms with E-state index in [4.69, 9.17) is 5.11 Å². The van der Waals surface area contributed by atoms with Crippen LogP contribution in [-0.4, -0.2) is 47.1 Å². The number of rotatable bonds is 4. The quantitative estimate of drug-likeness (QED) is 0.694. The van der Waals surface area contributed by atoms with Gasteiger partial charge in [0.1, 0.15) is 0 Å². The van der Waals surface area contributed by atoms with Crippen LogP contribution in [0, 0.1) is 0 Å². The highest BCUT2D eigenvalue weighted by Crippen LogP contribution is 2.12. The van der Waals surface area contributed by atoms with Gasteiger partial charge in [0.05, 0.1) is 6.04 Å². The van der Waals surface area contributed by atoms with E-state index in [0.29, 0.717) is 6.42 Å². The van der Waals surface area contributed by atoms with Gasteiger partial charge < -0.3 is 10.4 Å². The summed E-state index contributed by atoms with van der Waals surface area (Å²) in [6.07, 6.45) is 0.435. The number of nitrogens with one attached hydrogen (secondary N) is 1. The molecule has 86 valence electrons. The van der Waals surface area contributed by atoms with Gasteiger partial charge in [-0.1, -0.05) is 6.92 Å². The van der Waals surface area contributed by atoms with Crippen molar-refractivity contribution in [1.82, 2.24) is 10.2 Å². The van der Waals surface area contributed by atoms with E-state index in [9.17, 15) is 9.59 Å². The Hall–Kier alpha value is -1.10. The first kappa shape index (κ1) is 12.0. The largest absolute Gasteiger partial charge is 0.481 e. The monoisotopic (exact) mass is 214 g/mol. The highest BCUT2D eigenvalue weighted by atomic mass is 16.4. The molecule has 1 heterocycles. The molecule has 0 radical (unpaired) electrons. The molecule has 2 unspecified atom stereocenters. The van der Waals surface area contributed by atoms with E-state index in [1.165, 1.54) is 0 Å². The molecule has 5 heteroatoms. The van der Waals surface area contributed by atoms with E-state index in [1.807, 2.05) is 18.7 Å². The van der Waals surface area contributed by atoms with Crippen LogP contribution in [0.4, 0.5) is 0 Å². The molecule has 0 aromatic carbocycles. The van der Waals surface area contributed by atoms with E-state index in [1.54, 1.807) is 0 Å². The van der Waals surface area contributed by atoms with Crippen LogP contribution in [0.2, 0.25) is 0 Å². The molecule has 0 aliphatic carbocycles. The first-order valence-corrected chi connectivity index (χ1v) is 5.30. The Morgan fingerprint density at radius 2 is 2.33 bits per heavy atom. The molecule has 0 aromatic rings. The van der Waals surface area contributed by atoms with Gasteiger partial charge in [-0.3, -0.25) is 14.5 Å². The maximum atomic E-state index is 11.6. The lowest BCUT2D eigenvalue weighted by Gasteiger charge is -2.37. The van der Waals surface area contributed by atoms with Crippen LogP contribution in [0.3, 0.4) is 0 Å². The van der Waals surface area contributed by atoms with Gasteiger partial charge in [-0.25, -0.2) is 0 Å². The standard InChI is InChI=1S/C10H18N2O3/c1-3-12-6-7(2)11-10(15)8(12)4-5-9(13)14/h7-8H,3-6H2,1-2H3,(H,11,15)(H,13,14). The third kappa shape index (κ3) is 3.20. The first-order chi connectivity index (χ1) is 7.04. The van der Waals surface area contributed by atoms with Crippen molar-refractivity contribution in [3.8, 4) is 0 Å². The minimum atomic E-state index is -0.850. The van der Waals surface area contributed by atoms with Gasteiger partial charge >= 0.3 is 5.97 Å². The summed E-state index contributed by atoms with van der Waals surface area (Å²) >= 11 is 0. The predicted molar refractivity (Wildman–Crippen MR) is 55.5 cm³/mol. The first-order valence-electron chi connectivity index (χ1n) is 5.30. The normalized spacial score (nSPS) is 27.5. The number of carbonyl (C=O) groups is 2. The number of carbonyl (C=O) groups excluding carboxylic acids is 1. The summed E-state index contributed by atoms with van der Waals surface area (Å²) in [6.45, 7) is 5.52. The molecule has 1 rings (SSSR count). The molecular formula is C10H18N2O3. The average Bonchev–Trinajstić information content (AvgIpc) is 2.14. The SMILES string of the molecule is CCN1CC(C)NC(=O)C1CCC(=O)O. The second-order valence-corrected chi connectivity index (χ2v) is 3.95. The number of hydrogen-bond acceptors (Lipinski definition) is 3. The molecule has 0 saturated carbocycles. The molecule has 2 N–H and O–H groups in total. The molecular weight excluding hydrogens is 196 g/mol. The minimum absolute atomic E-state index is 0.0446. The maximum Gasteiger partial charge on any atom is 0.303 e. The van der Waals surface area contributed by atoms with Crippen molar-refractivity contribution in [2.24, 2.45) is 0 Å². The fourth-order valence-electron chi connectivity index (χ4n) is 1.95. The van der Waals surface area contributed by atoms with Crippen molar-refractivity contribution in [2.45, 2.75) is 38.8 Å². The number of carboxylic acid groups (broad SMARTS) is 1. The van der Waals surface area contributed by atoms with Gasteiger partial charge in [-0.05, 0) is 19.9 Å². The van der Waals surface area contributed by atoms with Crippen LogP contribution in [-0.2, 0) is 9.59 Å². The fourth-order valence-corrected chi connectivity index (χ4v) is 1.95. The molecule has 0 spiro atoms. The van der Waals surface area contributed by atoms with Crippen LogP contribution in [0.25, 0.3) is 0 Å². The number of amides is 1. The van der Waals surface area contributed by atoms with Gasteiger partial charge in [-0.2, -0.15) is 0 Å². The van der Waals surface area contributed by atoms with E-state index >= 15 is 0 Å². The van der Waals surface area contributed by atoms with Crippen LogP contribution in [0.5, 0.6) is 0 Å². The lowest BCUT2D eigenvalue weighted by atomic mass is 10.0. The van der Waals surface area contributed by atoms with Crippen molar-refractivity contribution in [2.75, 3.05) is 13.1 Å². The third-order valence-corrected chi connectivity index (χ3v) is 2.68. The number of hydrogen-bond donors (Lipinski definition) is 2. The van der Waals surface area contributed by atoms with Gasteiger partial charge in [0.2, 0.25) is 5.91 Å². The summed E-state index contributed by atoms with van der Waals surface area (Å²) in [6, 6.07) is -0.124. The average molecular weight is 214 g/mol. The Balaban J connectivity index is 2.57. The number of likely N-dealkylation sites (N-methyl/N-ethyl adjacent to an activating group) is 1. The van der Waals surface area contributed by atoms with Crippen molar-refractivity contribution in [3.05, 3.63) is 0 Å². The van der Waals surface area contributed by atoms with Gasteiger partial charge in [0, 0.05) is 19.0 Å². The highest BCUT2D eigenvalue weighted by molar-refractivity contribution is 5.83.